The zero-order valence-electron chi connectivity index (χ0n) is 10.9. The highest BCUT2D eigenvalue weighted by molar-refractivity contribution is 5.77. The molecule has 1 aromatic carbocycles. The van der Waals surface area contributed by atoms with Gasteiger partial charge in [0.25, 0.3) is 0 Å². The Hall–Kier alpha value is -1.42. The van der Waals surface area contributed by atoms with Crippen molar-refractivity contribution in [1.29, 1.82) is 0 Å². The van der Waals surface area contributed by atoms with Gasteiger partial charge < -0.3 is 10.2 Å². The van der Waals surface area contributed by atoms with Crippen LogP contribution in [0.4, 0.5) is 4.39 Å². The lowest BCUT2D eigenvalue weighted by atomic mass is 10.0. The summed E-state index contributed by atoms with van der Waals surface area (Å²) in [7, 11) is 0. The van der Waals surface area contributed by atoms with Gasteiger partial charge in [-0.3, -0.25) is 4.79 Å². The molecule has 2 atom stereocenters. The first-order chi connectivity index (χ1) is 9.24. The molecule has 1 amide bonds. The number of likely N-dealkylation sites (tertiary alicyclic amines) is 1. The lowest BCUT2D eigenvalue weighted by Gasteiger charge is -2.30. The van der Waals surface area contributed by atoms with Crippen LogP contribution in [0, 0.1) is 5.82 Å². The highest BCUT2D eigenvalue weighted by Crippen LogP contribution is 2.26. The molecule has 0 spiro atoms. The van der Waals surface area contributed by atoms with E-state index in [9.17, 15) is 9.18 Å². The number of halogens is 1. The average molecular weight is 262 g/mol. The topological polar surface area (TPSA) is 32.3 Å². The Morgan fingerprint density at radius 1 is 1.26 bits per heavy atom. The van der Waals surface area contributed by atoms with Gasteiger partial charge in [-0.25, -0.2) is 4.39 Å². The van der Waals surface area contributed by atoms with Crippen molar-refractivity contribution in [3.05, 3.63) is 35.6 Å². The minimum atomic E-state index is -0.230. The van der Waals surface area contributed by atoms with Gasteiger partial charge in [0.15, 0.2) is 0 Å². The molecule has 2 aliphatic rings. The third-order valence-electron chi connectivity index (χ3n) is 4.20. The predicted octanol–water partition coefficient (Wildman–Crippen LogP) is 2.07. The van der Waals surface area contributed by atoms with Gasteiger partial charge in [-0.05, 0) is 43.5 Å². The molecule has 3 nitrogen and oxygen atoms in total. The summed E-state index contributed by atoms with van der Waals surface area (Å²) in [5.74, 6) is 0.00637. The molecule has 2 heterocycles. The summed E-state index contributed by atoms with van der Waals surface area (Å²) in [5.41, 5.74) is 1.00. The number of carbonyl (C=O) groups excluding carboxylic acids is 1. The highest BCUT2D eigenvalue weighted by Gasteiger charge is 2.36. The van der Waals surface area contributed by atoms with Crippen molar-refractivity contribution in [2.75, 3.05) is 6.54 Å². The van der Waals surface area contributed by atoms with Crippen LogP contribution in [-0.4, -0.2) is 29.4 Å². The Kier molecular flexibility index (Phi) is 3.51. The minimum absolute atomic E-state index is 0.230. The Morgan fingerprint density at radius 2 is 2.05 bits per heavy atom. The van der Waals surface area contributed by atoms with Crippen molar-refractivity contribution in [2.45, 2.75) is 44.3 Å². The normalized spacial score (nSPS) is 27.2. The molecular formula is C15H19FN2O. The van der Waals surface area contributed by atoms with Gasteiger partial charge in [-0.15, -0.1) is 0 Å². The first-order valence-electron chi connectivity index (χ1n) is 7.01. The van der Waals surface area contributed by atoms with Crippen LogP contribution in [0.3, 0.4) is 0 Å². The molecular weight excluding hydrogens is 243 g/mol. The Morgan fingerprint density at radius 3 is 2.84 bits per heavy atom. The number of hydrogen-bond donors (Lipinski definition) is 1. The van der Waals surface area contributed by atoms with E-state index in [4.69, 9.17) is 0 Å². The van der Waals surface area contributed by atoms with E-state index in [1.165, 1.54) is 12.1 Å². The zero-order chi connectivity index (χ0) is 13.2. The van der Waals surface area contributed by atoms with Gasteiger partial charge in [0.1, 0.15) is 5.82 Å². The molecule has 0 aromatic heterocycles. The van der Waals surface area contributed by atoms with Crippen LogP contribution in [0.25, 0.3) is 0 Å². The summed E-state index contributed by atoms with van der Waals surface area (Å²) in [5, 5.41) is 3.49. The molecule has 0 bridgehead atoms. The molecule has 0 saturated carbocycles. The van der Waals surface area contributed by atoms with Crippen molar-refractivity contribution in [2.24, 2.45) is 0 Å². The monoisotopic (exact) mass is 262 g/mol. The summed E-state index contributed by atoms with van der Waals surface area (Å²) in [6.07, 6.45) is 3.71. The number of rotatable bonds is 2. The SMILES string of the molecule is O=C1CCCC2NCCC2N1Cc1ccc(F)cc1. The number of fused-ring (bicyclic) bond motifs is 1. The van der Waals surface area contributed by atoms with E-state index in [2.05, 4.69) is 5.32 Å². The second-order valence-corrected chi connectivity index (χ2v) is 5.46. The summed E-state index contributed by atoms with van der Waals surface area (Å²) in [6.45, 7) is 1.59. The molecule has 0 aliphatic carbocycles. The van der Waals surface area contributed by atoms with Crippen LogP contribution in [0.15, 0.2) is 24.3 Å². The van der Waals surface area contributed by atoms with Crippen LogP contribution in [0.1, 0.15) is 31.2 Å². The third kappa shape index (κ3) is 2.63. The molecule has 2 saturated heterocycles. The second-order valence-electron chi connectivity index (χ2n) is 5.46. The Labute approximate surface area is 112 Å². The standard InChI is InChI=1S/C15H19FN2O/c16-12-6-4-11(5-7-12)10-18-14-8-9-17-13(14)2-1-3-15(18)19/h4-7,13-14,17H,1-3,8-10H2. The molecule has 4 heteroatoms. The fraction of sp³-hybridized carbons (Fsp3) is 0.533. The van der Waals surface area contributed by atoms with Crippen LogP contribution in [0.2, 0.25) is 0 Å². The molecule has 1 aromatic rings. The van der Waals surface area contributed by atoms with Crippen molar-refractivity contribution in [3.63, 3.8) is 0 Å². The molecule has 102 valence electrons. The van der Waals surface area contributed by atoms with Crippen LogP contribution in [0.5, 0.6) is 0 Å². The Bertz CT molecular complexity index is 460. The van der Waals surface area contributed by atoms with E-state index in [0.717, 1.165) is 31.4 Å². The van der Waals surface area contributed by atoms with E-state index in [1.807, 2.05) is 4.90 Å². The molecule has 0 radical (unpaired) electrons. The van der Waals surface area contributed by atoms with E-state index in [1.54, 1.807) is 12.1 Å². The maximum Gasteiger partial charge on any atom is 0.223 e. The van der Waals surface area contributed by atoms with Gasteiger partial charge in [0.05, 0.1) is 0 Å². The van der Waals surface area contributed by atoms with Crippen molar-refractivity contribution in [3.8, 4) is 0 Å². The number of amides is 1. The first-order valence-corrected chi connectivity index (χ1v) is 7.01. The lowest BCUT2D eigenvalue weighted by Crippen LogP contribution is -2.44. The minimum Gasteiger partial charge on any atom is -0.334 e. The maximum atomic E-state index is 12.9. The van der Waals surface area contributed by atoms with E-state index < -0.39 is 0 Å². The van der Waals surface area contributed by atoms with Crippen molar-refractivity contribution >= 4 is 5.91 Å². The van der Waals surface area contributed by atoms with Gasteiger partial charge in [-0.1, -0.05) is 12.1 Å². The lowest BCUT2D eigenvalue weighted by molar-refractivity contribution is -0.133. The van der Waals surface area contributed by atoms with Crippen molar-refractivity contribution in [1.82, 2.24) is 10.2 Å². The number of hydrogen-bond acceptors (Lipinski definition) is 2. The van der Waals surface area contributed by atoms with Gasteiger partial charge in [-0.2, -0.15) is 0 Å². The third-order valence-corrected chi connectivity index (χ3v) is 4.20. The number of carbonyl (C=O) groups is 1. The largest absolute Gasteiger partial charge is 0.334 e. The Balaban J connectivity index is 1.79. The quantitative estimate of drug-likeness (QED) is 0.885. The summed E-state index contributed by atoms with van der Waals surface area (Å²) >= 11 is 0. The summed E-state index contributed by atoms with van der Waals surface area (Å²) in [6, 6.07) is 7.20. The van der Waals surface area contributed by atoms with E-state index in [-0.39, 0.29) is 11.7 Å². The summed E-state index contributed by atoms with van der Waals surface area (Å²) in [4.78, 5) is 14.2. The van der Waals surface area contributed by atoms with Gasteiger partial charge in [0.2, 0.25) is 5.91 Å². The maximum absolute atomic E-state index is 12.9. The smallest absolute Gasteiger partial charge is 0.223 e. The highest BCUT2D eigenvalue weighted by atomic mass is 19.1. The zero-order valence-corrected chi connectivity index (χ0v) is 10.9. The summed E-state index contributed by atoms with van der Waals surface area (Å²) < 4.78 is 12.9. The first kappa shape index (κ1) is 12.6. The molecule has 2 aliphatic heterocycles. The fourth-order valence-electron chi connectivity index (χ4n) is 3.22. The van der Waals surface area contributed by atoms with Crippen LogP contribution < -0.4 is 5.32 Å². The molecule has 2 fully saturated rings. The number of nitrogens with zero attached hydrogens (tertiary/aromatic N) is 1. The second kappa shape index (κ2) is 5.29. The van der Waals surface area contributed by atoms with Gasteiger partial charge in [0, 0.05) is 25.0 Å². The molecule has 2 unspecified atom stereocenters. The van der Waals surface area contributed by atoms with E-state index >= 15 is 0 Å². The number of nitrogens with one attached hydrogen (secondary N) is 1. The molecule has 19 heavy (non-hydrogen) atoms. The number of benzene rings is 1. The van der Waals surface area contributed by atoms with Gasteiger partial charge >= 0.3 is 0 Å². The van der Waals surface area contributed by atoms with Crippen LogP contribution >= 0.6 is 0 Å². The predicted molar refractivity (Wildman–Crippen MR) is 71.0 cm³/mol. The molecule has 3 rings (SSSR count). The van der Waals surface area contributed by atoms with Crippen LogP contribution in [-0.2, 0) is 11.3 Å². The molecule has 1 N–H and O–H groups in total. The average Bonchev–Trinajstić information content (AvgIpc) is 2.81. The fourth-order valence-corrected chi connectivity index (χ4v) is 3.22. The van der Waals surface area contributed by atoms with E-state index in [0.29, 0.717) is 25.0 Å². The van der Waals surface area contributed by atoms with Crippen molar-refractivity contribution < 1.29 is 9.18 Å².